The van der Waals surface area contributed by atoms with Crippen LogP contribution in [0.4, 0.5) is 0 Å². The van der Waals surface area contributed by atoms with Gasteiger partial charge in [0.25, 0.3) is 0 Å². The zero-order valence-corrected chi connectivity index (χ0v) is 20.5. The van der Waals surface area contributed by atoms with Gasteiger partial charge in [-0.3, -0.25) is 0 Å². The fraction of sp³-hybridized carbons (Fsp3) is 0. The first-order valence-corrected chi connectivity index (χ1v) is 13.9. The summed E-state index contributed by atoms with van der Waals surface area (Å²) in [6.45, 7) is 0. The molecular weight excluding hydrogens is 455 g/mol. The molecular formula is C34H23OP. The lowest BCUT2D eigenvalue weighted by atomic mass is 9.92. The molecule has 1 aliphatic rings. The van der Waals surface area contributed by atoms with E-state index in [1.807, 2.05) is 42.5 Å². The van der Waals surface area contributed by atoms with Crippen LogP contribution in [0.2, 0.25) is 0 Å². The first-order valence-electron chi connectivity index (χ1n) is 12.2. The molecule has 6 aromatic rings. The molecule has 0 aliphatic carbocycles. The Hall–Kier alpha value is -4.19. The van der Waals surface area contributed by atoms with Gasteiger partial charge in [0.2, 0.25) is 0 Å². The largest absolute Gasteiger partial charge is 0.309 e. The molecule has 2 heteroatoms. The Kier molecular flexibility index (Phi) is 4.81. The second-order valence-corrected chi connectivity index (χ2v) is 11.9. The first-order chi connectivity index (χ1) is 17.8. The van der Waals surface area contributed by atoms with Gasteiger partial charge in [-0.1, -0.05) is 133 Å². The summed E-state index contributed by atoms with van der Waals surface area (Å²) in [4.78, 5) is 0. The average molecular weight is 479 g/mol. The molecule has 1 atom stereocenters. The summed E-state index contributed by atoms with van der Waals surface area (Å²) in [6.07, 6.45) is 0. The summed E-state index contributed by atoms with van der Waals surface area (Å²) < 4.78 is 16.0. The van der Waals surface area contributed by atoms with Gasteiger partial charge in [-0.05, 0) is 38.7 Å². The molecule has 0 radical (unpaired) electrons. The van der Waals surface area contributed by atoms with Crippen molar-refractivity contribution in [2.45, 2.75) is 0 Å². The highest BCUT2D eigenvalue weighted by Gasteiger charge is 2.44. The molecule has 0 N–H and O–H groups in total. The topological polar surface area (TPSA) is 17.1 Å². The van der Waals surface area contributed by atoms with Crippen LogP contribution in [0.5, 0.6) is 0 Å². The highest BCUT2D eigenvalue weighted by atomic mass is 31.2. The van der Waals surface area contributed by atoms with Gasteiger partial charge in [0.15, 0.2) is 7.14 Å². The van der Waals surface area contributed by atoms with E-state index >= 15 is 4.57 Å². The Morgan fingerprint density at radius 1 is 0.417 bits per heavy atom. The van der Waals surface area contributed by atoms with Crippen LogP contribution in [-0.2, 0) is 4.57 Å². The molecule has 0 bridgehead atoms. The minimum absolute atomic E-state index is 0.905. The molecule has 0 saturated heterocycles. The van der Waals surface area contributed by atoms with E-state index in [0.717, 1.165) is 59.7 Å². The van der Waals surface area contributed by atoms with Crippen LogP contribution in [0.25, 0.3) is 32.4 Å². The van der Waals surface area contributed by atoms with Crippen molar-refractivity contribution in [1.29, 1.82) is 0 Å². The minimum Gasteiger partial charge on any atom is -0.309 e. The molecule has 0 amide bonds. The van der Waals surface area contributed by atoms with Crippen LogP contribution >= 0.6 is 7.14 Å². The lowest BCUT2D eigenvalue weighted by Gasteiger charge is -2.21. The van der Waals surface area contributed by atoms with Gasteiger partial charge in [0.05, 0.1) is 0 Å². The van der Waals surface area contributed by atoms with E-state index in [1.165, 1.54) is 0 Å². The van der Waals surface area contributed by atoms with Gasteiger partial charge in [0, 0.05) is 27.1 Å². The van der Waals surface area contributed by atoms with Gasteiger partial charge in [0.1, 0.15) is 0 Å². The summed E-state index contributed by atoms with van der Waals surface area (Å²) in [5.74, 6) is 0. The molecule has 1 aliphatic heterocycles. The molecule has 0 fully saturated rings. The van der Waals surface area contributed by atoms with Crippen molar-refractivity contribution in [2.24, 2.45) is 0 Å². The van der Waals surface area contributed by atoms with E-state index in [1.54, 1.807) is 0 Å². The van der Waals surface area contributed by atoms with E-state index in [2.05, 4.69) is 97.1 Å². The van der Waals surface area contributed by atoms with Crippen molar-refractivity contribution in [1.82, 2.24) is 0 Å². The fourth-order valence-corrected chi connectivity index (χ4v) is 9.20. The Bertz CT molecular complexity index is 1840. The number of benzene rings is 6. The average Bonchev–Trinajstić information content (AvgIpc) is 3.23. The van der Waals surface area contributed by atoms with Crippen LogP contribution in [0.15, 0.2) is 140 Å². The van der Waals surface area contributed by atoms with Crippen LogP contribution in [0, 0.1) is 0 Å². The quantitative estimate of drug-likeness (QED) is 0.234. The minimum atomic E-state index is -3.24. The number of hydrogen-bond acceptors (Lipinski definition) is 1. The molecule has 1 heterocycles. The SMILES string of the molecule is O=[P@]1(c2cccc3ccccc23)C(c2ccccc2)=C(c2ccccc2)c2c1ccc1ccccc21. The van der Waals surface area contributed by atoms with E-state index < -0.39 is 7.14 Å². The van der Waals surface area contributed by atoms with E-state index in [0.29, 0.717) is 0 Å². The molecule has 6 aromatic carbocycles. The van der Waals surface area contributed by atoms with Crippen molar-refractivity contribution in [3.8, 4) is 0 Å². The van der Waals surface area contributed by atoms with Gasteiger partial charge >= 0.3 is 0 Å². The third kappa shape index (κ3) is 3.00. The maximum atomic E-state index is 16.0. The summed E-state index contributed by atoms with van der Waals surface area (Å²) >= 11 is 0. The first kappa shape index (κ1) is 21.1. The summed E-state index contributed by atoms with van der Waals surface area (Å²) in [6, 6.07) is 48.0. The molecule has 0 aromatic heterocycles. The van der Waals surface area contributed by atoms with Crippen molar-refractivity contribution in [3.05, 3.63) is 156 Å². The Labute approximate surface area is 210 Å². The van der Waals surface area contributed by atoms with E-state index in [4.69, 9.17) is 0 Å². The third-order valence-electron chi connectivity index (χ3n) is 7.26. The zero-order chi connectivity index (χ0) is 24.1. The van der Waals surface area contributed by atoms with Gasteiger partial charge in [-0.2, -0.15) is 0 Å². The highest BCUT2D eigenvalue weighted by Crippen LogP contribution is 2.66. The van der Waals surface area contributed by atoms with Crippen molar-refractivity contribution >= 4 is 50.2 Å². The van der Waals surface area contributed by atoms with Crippen LogP contribution in [0.3, 0.4) is 0 Å². The Morgan fingerprint density at radius 3 is 1.69 bits per heavy atom. The Morgan fingerprint density at radius 2 is 0.972 bits per heavy atom. The standard InChI is InChI=1S/C34H23OP/c35-36(30-21-11-18-24-12-7-9-19-28(24)30)31-23-22-25-13-8-10-20-29(25)33(31)32(26-14-3-1-4-15-26)34(36)27-16-5-2-6-17-27/h1-23H/t36-/m0/s1. The lowest BCUT2D eigenvalue weighted by molar-refractivity contribution is 0.593. The number of rotatable bonds is 3. The van der Waals surface area contributed by atoms with E-state index in [9.17, 15) is 0 Å². The predicted octanol–water partition coefficient (Wildman–Crippen LogP) is 8.24. The zero-order valence-electron chi connectivity index (χ0n) is 19.6. The van der Waals surface area contributed by atoms with Crippen LogP contribution < -0.4 is 10.6 Å². The van der Waals surface area contributed by atoms with E-state index in [-0.39, 0.29) is 0 Å². The third-order valence-corrected chi connectivity index (χ3v) is 10.5. The molecule has 0 unspecified atom stereocenters. The number of hydrogen-bond donors (Lipinski definition) is 0. The highest BCUT2D eigenvalue weighted by molar-refractivity contribution is 7.89. The monoisotopic (exact) mass is 478 g/mol. The summed E-state index contributed by atoms with van der Waals surface area (Å²) in [5, 5.41) is 7.20. The fourth-order valence-electron chi connectivity index (χ4n) is 5.72. The second kappa shape index (κ2) is 8.19. The molecule has 7 rings (SSSR count). The molecule has 0 spiro atoms. The van der Waals surface area contributed by atoms with Gasteiger partial charge < -0.3 is 4.57 Å². The molecule has 0 saturated carbocycles. The molecule has 170 valence electrons. The summed E-state index contributed by atoms with van der Waals surface area (Å²) in [5.41, 5.74) is 4.26. The van der Waals surface area contributed by atoms with Crippen molar-refractivity contribution < 1.29 is 4.57 Å². The van der Waals surface area contributed by atoms with Crippen LogP contribution in [0.1, 0.15) is 16.7 Å². The molecule has 36 heavy (non-hydrogen) atoms. The predicted molar refractivity (Wildman–Crippen MR) is 154 cm³/mol. The maximum absolute atomic E-state index is 16.0. The number of fused-ring (bicyclic) bond motifs is 4. The smallest absolute Gasteiger partial charge is 0.173 e. The van der Waals surface area contributed by atoms with Crippen LogP contribution in [-0.4, -0.2) is 0 Å². The van der Waals surface area contributed by atoms with Crippen molar-refractivity contribution in [3.63, 3.8) is 0 Å². The van der Waals surface area contributed by atoms with Crippen molar-refractivity contribution in [2.75, 3.05) is 0 Å². The second-order valence-electron chi connectivity index (χ2n) is 9.24. The maximum Gasteiger partial charge on any atom is 0.173 e. The van der Waals surface area contributed by atoms with Gasteiger partial charge in [-0.15, -0.1) is 0 Å². The lowest BCUT2D eigenvalue weighted by Crippen LogP contribution is -2.17. The van der Waals surface area contributed by atoms with Gasteiger partial charge in [-0.25, -0.2) is 0 Å². The molecule has 1 nitrogen and oxygen atoms in total. The summed E-state index contributed by atoms with van der Waals surface area (Å²) in [7, 11) is -3.24. The normalized spacial score (nSPS) is 17.0. The Balaban J connectivity index is 1.72.